The van der Waals surface area contributed by atoms with Crippen molar-refractivity contribution in [2.75, 3.05) is 12.4 Å². The van der Waals surface area contributed by atoms with Gasteiger partial charge in [0.25, 0.3) is 0 Å². The van der Waals surface area contributed by atoms with E-state index in [1.165, 1.54) is 0 Å². The molecule has 0 amide bonds. The Labute approximate surface area is 128 Å². The van der Waals surface area contributed by atoms with Crippen LogP contribution in [-0.2, 0) is 16.4 Å². The predicted molar refractivity (Wildman–Crippen MR) is 87.5 cm³/mol. The molecule has 0 unspecified atom stereocenters. The van der Waals surface area contributed by atoms with Gasteiger partial charge in [-0.15, -0.1) is 0 Å². The highest BCUT2D eigenvalue weighted by molar-refractivity contribution is 7.92. The zero-order valence-electron chi connectivity index (χ0n) is 13.6. The van der Waals surface area contributed by atoms with E-state index >= 15 is 0 Å². The number of rotatable bonds is 7. The van der Waals surface area contributed by atoms with E-state index in [4.69, 9.17) is 4.74 Å². The van der Waals surface area contributed by atoms with Crippen LogP contribution in [0.3, 0.4) is 0 Å². The van der Waals surface area contributed by atoms with Crippen molar-refractivity contribution in [2.45, 2.75) is 52.0 Å². The maximum Gasteiger partial charge on any atom is 0.158 e. The van der Waals surface area contributed by atoms with Crippen LogP contribution in [0, 0.1) is 0 Å². The number of sulfone groups is 1. The first-order chi connectivity index (χ1) is 9.62. The molecule has 0 aliphatic heterocycles. The average Bonchev–Trinajstić information content (AvgIpc) is 2.35. The Morgan fingerprint density at radius 2 is 1.90 bits per heavy atom. The topological polar surface area (TPSA) is 55.4 Å². The fraction of sp³-hybridized carbons (Fsp3) is 0.625. The largest absolute Gasteiger partial charge is 0.493 e. The minimum atomic E-state index is -3.14. The van der Waals surface area contributed by atoms with E-state index in [0.717, 1.165) is 12.1 Å². The standard InChI is InChI=1S/C16H27NO3S/c1-13(2)17-12-14-7-6-8-15(11-14)20-9-10-21(18,19)16(3,4)5/h6-8,11,13,17H,9-10,12H2,1-5H3. The van der Waals surface area contributed by atoms with E-state index in [2.05, 4.69) is 19.2 Å². The number of hydrogen-bond acceptors (Lipinski definition) is 4. The van der Waals surface area contributed by atoms with Crippen molar-refractivity contribution in [3.63, 3.8) is 0 Å². The molecule has 21 heavy (non-hydrogen) atoms. The Morgan fingerprint density at radius 3 is 2.48 bits per heavy atom. The first-order valence-corrected chi connectivity index (χ1v) is 8.94. The zero-order chi connectivity index (χ0) is 16.1. The molecule has 0 aliphatic rings. The Bertz CT molecular complexity index is 545. The van der Waals surface area contributed by atoms with Gasteiger partial charge >= 0.3 is 0 Å². The zero-order valence-corrected chi connectivity index (χ0v) is 14.5. The van der Waals surface area contributed by atoms with Crippen molar-refractivity contribution >= 4 is 9.84 Å². The second kappa shape index (κ2) is 7.27. The molecule has 0 saturated heterocycles. The molecule has 0 aromatic heterocycles. The molecule has 0 bridgehead atoms. The Morgan fingerprint density at radius 1 is 1.24 bits per heavy atom. The normalized spacial score (nSPS) is 12.7. The smallest absolute Gasteiger partial charge is 0.158 e. The van der Waals surface area contributed by atoms with Crippen molar-refractivity contribution in [3.8, 4) is 5.75 Å². The van der Waals surface area contributed by atoms with Gasteiger partial charge < -0.3 is 10.1 Å². The summed E-state index contributed by atoms with van der Waals surface area (Å²) in [6, 6.07) is 8.16. The molecule has 0 spiro atoms. The molecule has 0 fully saturated rings. The van der Waals surface area contributed by atoms with Crippen molar-refractivity contribution in [1.29, 1.82) is 0 Å². The third-order valence-electron chi connectivity index (χ3n) is 3.17. The molecular formula is C16H27NO3S. The summed E-state index contributed by atoms with van der Waals surface area (Å²) in [5.74, 6) is 0.743. The Balaban J connectivity index is 2.55. The number of ether oxygens (including phenoxy) is 1. The number of benzene rings is 1. The molecule has 4 nitrogen and oxygen atoms in total. The van der Waals surface area contributed by atoms with E-state index in [0.29, 0.717) is 11.8 Å². The summed E-state index contributed by atoms with van der Waals surface area (Å²) in [5.41, 5.74) is 1.12. The lowest BCUT2D eigenvalue weighted by atomic mass is 10.2. The van der Waals surface area contributed by atoms with Crippen LogP contribution >= 0.6 is 0 Å². The van der Waals surface area contributed by atoms with Gasteiger partial charge in [-0.2, -0.15) is 0 Å². The second-order valence-electron chi connectivity index (χ2n) is 6.46. The monoisotopic (exact) mass is 313 g/mol. The summed E-state index contributed by atoms with van der Waals surface area (Å²) in [6.07, 6.45) is 0. The van der Waals surface area contributed by atoms with Crippen LogP contribution in [0.4, 0.5) is 0 Å². The van der Waals surface area contributed by atoms with Gasteiger partial charge in [0.05, 0.1) is 10.5 Å². The molecular weight excluding hydrogens is 286 g/mol. The van der Waals surface area contributed by atoms with E-state index in [9.17, 15) is 8.42 Å². The molecule has 0 atom stereocenters. The van der Waals surface area contributed by atoms with E-state index in [1.807, 2.05) is 24.3 Å². The summed E-state index contributed by atoms with van der Waals surface area (Å²) in [7, 11) is -3.14. The van der Waals surface area contributed by atoms with Crippen molar-refractivity contribution < 1.29 is 13.2 Å². The third-order valence-corrected chi connectivity index (χ3v) is 5.74. The molecule has 0 radical (unpaired) electrons. The molecule has 1 rings (SSSR count). The lowest BCUT2D eigenvalue weighted by molar-refractivity contribution is 0.339. The molecule has 1 N–H and O–H groups in total. The molecule has 5 heteroatoms. The summed E-state index contributed by atoms with van der Waals surface area (Å²) in [4.78, 5) is 0. The van der Waals surface area contributed by atoms with Crippen LogP contribution in [0.2, 0.25) is 0 Å². The highest BCUT2D eigenvalue weighted by atomic mass is 32.2. The van der Waals surface area contributed by atoms with Crippen LogP contribution < -0.4 is 10.1 Å². The van der Waals surface area contributed by atoms with Crippen LogP contribution in [0.5, 0.6) is 5.75 Å². The maximum absolute atomic E-state index is 12.0. The fourth-order valence-electron chi connectivity index (χ4n) is 1.64. The SMILES string of the molecule is CC(C)NCc1cccc(OCCS(=O)(=O)C(C)(C)C)c1. The van der Waals surface area contributed by atoms with Gasteiger partial charge in [-0.1, -0.05) is 26.0 Å². The van der Waals surface area contributed by atoms with Crippen LogP contribution in [-0.4, -0.2) is 31.6 Å². The van der Waals surface area contributed by atoms with Crippen molar-refractivity contribution in [1.82, 2.24) is 5.32 Å². The summed E-state index contributed by atoms with van der Waals surface area (Å²) >= 11 is 0. The molecule has 1 aromatic rings. The predicted octanol–water partition coefficient (Wildman–Crippen LogP) is 2.78. The number of hydrogen-bond donors (Lipinski definition) is 1. The van der Waals surface area contributed by atoms with E-state index in [-0.39, 0.29) is 12.4 Å². The highest BCUT2D eigenvalue weighted by Gasteiger charge is 2.28. The van der Waals surface area contributed by atoms with Gasteiger partial charge in [-0.25, -0.2) is 8.42 Å². The molecule has 0 heterocycles. The first kappa shape index (κ1) is 18.0. The van der Waals surface area contributed by atoms with Crippen LogP contribution in [0.15, 0.2) is 24.3 Å². The fourth-order valence-corrected chi connectivity index (χ4v) is 2.56. The summed E-state index contributed by atoms with van der Waals surface area (Å²) in [5, 5.41) is 3.34. The van der Waals surface area contributed by atoms with Gasteiger partial charge in [0.1, 0.15) is 12.4 Å². The van der Waals surface area contributed by atoms with Gasteiger partial charge in [-0.05, 0) is 38.5 Å². The molecule has 120 valence electrons. The van der Waals surface area contributed by atoms with Gasteiger partial charge in [0.2, 0.25) is 0 Å². The van der Waals surface area contributed by atoms with E-state index in [1.54, 1.807) is 20.8 Å². The minimum absolute atomic E-state index is 0.0327. The second-order valence-corrected chi connectivity index (χ2v) is 9.33. The Kier molecular flexibility index (Phi) is 6.23. The van der Waals surface area contributed by atoms with Crippen LogP contribution in [0.25, 0.3) is 0 Å². The quantitative estimate of drug-likeness (QED) is 0.841. The van der Waals surface area contributed by atoms with E-state index < -0.39 is 14.6 Å². The molecule has 0 aliphatic carbocycles. The molecule has 0 saturated carbocycles. The first-order valence-electron chi connectivity index (χ1n) is 7.29. The van der Waals surface area contributed by atoms with Crippen molar-refractivity contribution in [3.05, 3.63) is 29.8 Å². The highest BCUT2D eigenvalue weighted by Crippen LogP contribution is 2.17. The third kappa shape index (κ3) is 6.06. The molecule has 1 aromatic carbocycles. The average molecular weight is 313 g/mol. The van der Waals surface area contributed by atoms with Gasteiger partial charge in [-0.3, -0.25) is 0 Å². The van der Waals surface area contributed by atoms with Crippen LogP contribution in [0.1, 0.15) is 40.2 Å². The summed E-state index contributed by atoms with van der Waals surface area (Å²) < 4.78 is 28.8. The Hall–Kier alpha value is -1.07. The lowest BCUT2D eigenvalue weighted by Crippen LogP contribution is -2.32. The minimum Gasteiger partial charge on any atom is -0.493 e. The van der Waals surface area contributed by atoms with Gasteiger partial charge in [0.15, 0.2) is 9.84 Å². The maximum atomic E-state index is 12.0. The van der Waals surface area contributed by atoms with Crippen molar-refractivity contribution in [2.24, 2.45) is 0 Å². The number of nitrogens with one attached hydrogen (secondary N) is 1. The summed E-state index contributed by atoms with van der Waals surface area (Å²) in [6.45, 7) is 10.3. The lowest BCUT2D eigenvalue weighted by Gasteiger charge is -2.19. The van der Waals surface area contributed by atoms with Gasteiger partial charge in [0, 0.05) is 12.6 Å².